The minimum Gasteiger partial charge on any atom is -0.377 e. The van der Waals surface area contributed by atoms with Crippen LogP contribution in [0.2, 0.25) is 0 Å². The van der Waals surface area contributed by atoms with Gasteiger partial charge in [0, 0.05) is 24.5 Å². The van der Waals surface area contributed by atoms with E-state index in [4.69, 9.17) is 4.74 Å². The van der Waals surface area contributed by atoms with Crippen LogP contribution in [0, 0.1) is 24.7 Å². The summed E-state index contributed by atoms with van der Waals surface area (Å²) in [6.07, 6.45) is 6.65. The highest BCUT2D eigenvalue weighted by Gasteiger charge is 2.57. The Kier molecular flexibility index (Phi) is 3.21. The molecule has 2 saturated carbocycles. The Hall–Kier alpha value is -1.43. The number of hydrogen-bond donors (Lipinski definition) is 2. The van der Waals surface area contributed by atoms with Crippen molar-refractivity contribution in [3.63, 3.8) is 0 Å². The summed E-state index contributed by atoms with van der Waals surface area (Å²) in [4.78, 5) is 12.4. The molecule has 4 rings (SSSR count). The van der Waals surface area contributed by atoms with Gasteiger partial charge < -0.3 is 10.1 Å². The van der Waals surface area contributed by atoms with Crippen LogP contribution in [-0.2, 0) is 4.74 Å². The van der Waals surface area contributed by atoms with E-state index in [1.54, 1.807) is 6.92 Å². The smallest absolute Gasteiger partial charge is 0.273 e. The van der Waals surface area contributed by atoms with Gasteiger partial charge in [0.15, 0.2) is 5.69 Å². The fourth-order valence-electron chi connectivity index (χ4n) is 4.58. The molecular formula is C15H22N4O2. The van der Waals surface area contributed by atoms with E-state index in [9.17, 15) is 4.79 Å². The molecule has 2 aliphatic carbocycles. The second kappa shape index (κ2) is 5.09. The number of H-pyrrole nitrogens is 1. The summed E-state index contributed by atoms with van der Waals surface area (Å²) < 4.78 is 5.92. The number of rotatable bonds is 3. The lowest BCUT2D eigenvalue weighted by atomic mass is 9.61. The van der Waals surface area contributed by atoms with E-state index in [1.165, 1.54) is 25.7 Å². The van der Waals surface area contributed by atoms with Gasteiger partial charge in [-0.2, -0.15) is 15.4 Å². The highest BCUT2D eigenvalue weighted by Crippen LogP contribution is 2.51. The molecule has 4 atom stereocenters. The number of ether oxygens (including phenoxy) is 1. The SMILES string of the molecule is Cc1n[nH]nc1C(=O)NC1C2CCOC2C1C1CCCC1. The summed E-state index contributed by atoms with van der Waals surface area (Å²) in [5.74, 6) is 1.61. The third-order valence-electron chi connectivity index (χ3n) is 5.62. The van der Waals surface area contributed by atoms with Crippen LogP contribution in [-0.4, -0.2) is 40.1 Å². The minimum atomic E-state index is -0.0976. The average Bonchev–Trinajstić information content (AvgIpc) is 3.17. The van der Waals surface area contributed by atoms with Gasteiger partial charge in [-0.1, -0.05) is 25.7 Å². The van der Waals surface area contributed by atoms with E-state index >= 15 is 0 Å². The number of nitrogens with one attached hydrogen (secondary N) is 2. The summed E-state index contributed by atoms with van der Waals surface area (Å²) in [5, 5.41) is 13.6. The van der Waals surface area contributed by atoms with Crippen LogP contribution in [0.25, 0.3) is 0 Å². The molecular weight excluding hydrogens is 268 g/mol. The third kappa shape index (κ3) is 2.08. The molecule has 4 unspecified atom stereocenters. The van der Waals surface area contributed by atoms with Crippen molar-refractivity contribution in [3.8, 4) is 0 Å². The van der Waals surface area contributed by atoms with Crippen LogP contribution in [0.5, 0.6) is 0 Å². The number of amides is 1. The summed E-state index contributed by atoms with van der Waals surface area (Å²) in [6, 6.07) is 0.254. The Morgan fingerprint density at radius 1 is 1.29 bits per heavy atom. The fraction of sp³-hybridized carbons (Fsp3) is 0.800. The van der Waals surface area contributed by atoms with Gasteiger partial charge in [0.1, 0.15) is 0 Å². The fourth-order valence-corrected chi connectivity index (χ4v) is 4.58. The van der Waals surface area contributed by atoms with Gasteiger partial charge in [-0.3, -0.25) is 4.79 Å². The van der Waals surface area contributed by atoms with Gasteiger partial charge >= 0.3 is 0 Å². The summed E-state index contributed by atoms with van der Waals surface area (Å²) in [6.45, 7) is 2.64. The van der Waals surface area contributed by atoms with Gasteiger partial charge in [0.2, 0.25) is 0 Å². The lowest BCUT2D eigenvalue weighted by Crippen LogP contribution is -2.63. The number of aryl methyl sites for hydroxylation is 1. The van der Waals surface area contributed by atoms with Crippen molar-refractivity contribution in [1.29, 1.82) is 0 Å². The number of fused-ring (bicyclic) bond motifs is 1. The Morgan fingerprint density at radius 2 is 2.10 bits per heavy atom. The molecule has 2 N–H and O–H groups in total. The molecule has 1 amide bonds. The van der Waals surface area contributed by atoms with Crippen LogP contribution >= 0.6 is 0 Å². The first-order chi connectivity index (χ1) is 10.3. The molecule has 0 bridgehead atoms. The molecule has 114 valence electrons. The van der Waals surface area contributed by atoms with Crippen LogP contribution in [0.15, 0.2) is 0 Å². The van der Waals surface area contributed by atoms with Gasteiger partial charge in [-0.05, 0) is 19.3 Å². The second-order valence-corrected chi connectivity index (χ2v) is 6.67. The first-order valence-corrected chi connectivity index (χ1v) is 8.05. The predicted octanol–water partition coefficient (Wildman–Crippen LogP) is 1.44. The predicted molar refractivity (Wildman–Crippen MR) is 75.7 cm³/mol. The van der Waals surface area contributed by atoms with E-state index in [2.05, 4.69) is 20.7 Å². The van der Waals surface area contributed by atoms with E-state index < -0.39 is 0 Å². The Balaban J connectivity index is 1.50. The number of carbonyl (C=O) groups excluding carboxylic acids is 1. The average molecular weight is 290 g/mol. The molecule has 3 fully saturated rings. The lowest BCUT2D eigenvalue weighted by Gasteiger charge is -2.50. The molecule has 1 aromatic heterocycles. The van der Waals surface area contributed by atoms with Crippen molar-refractivity contribution in [1.82, 2.24) is 20.7 Å². The molecule has 3 aliphatic rings. The van der Waals surface area contributed by atoms with Gasteiger partial charge in [0.25, 0.3) is 5.91 Å². The Bertz CT molecular complexity index is 533. The van der Waals surface area contributed by atoms with Crippen molar-refractivity contribution in [2.45, 2.75) is 51.2 Å². The van der Waals surface area contributed by atoms with Crippen molar-refractivity contribution in [3.05, 3.63) is 11.4 Å². The summed E-state index contributed by atoms with van der Waals surface area (Å²) in [7, 11) is 0. The van der Waals surface area contributed by atoms with Gasteiger partial charge in [-0.25, -0.2) is 0 Å². The zero-order chi connectivity index (χ0) is 14.4. The van der Waals surface area contributed by atoms with Crippen LogP contribution < -0.4 is 5.32 Å². The van der Waals surface area contributed by atoms with E-state index in [1.807, 2.05) is 0 Å². The molecule has 0 aromatic carbocycles. The molecule has 0 radical (unpaired) electrons. The monoisotopic (exact) mass is 290 g/mol. The first kappa shape index (κ1) is 13.2. The quantitative estimate of drug-likeness (QED) is 0.882. The highest BCUT2D eigenvalue weighted by atomic mass is 16.5. The molecule has 6 heteroatoms. The molecule has 1 saturated heterocycles. The molecule has 2 heterocycles. The number of nitrogens with zero attached hydrogens (tertiary/aromatic N) is 2. The van der Waals surface area contributed by atoms with E-state index in [0.717, 1.165) is 13.0 Å². The van der Waals surface area contributed by atoms with Gasteiger partial charge in [-0.15, -0.1) is 0 Å². The highest BCUT2D eigenvalue weighted by molar-refractivity contribution is 5.93. The Morgan fingerprint density at radius 3 is 2.81 bits per heavy atom. The van der Waals surface area contributed by atoms with Gasteiger partial charge in [0.05, 0.1) is 11.8 Å². The normalized spacial score (nSPS) is 35.5. The standard InChI is InChI=1S/C15H22N4O2/c1-8-12(18-19-17-8)15(20)16-13-10-6-7-21-14(10)11(13)9-4-2-3-5-9/h9-11,13-14H,2-7H2,1H3,(H,16,20)(H,17,18,19). The van der Waals surface area contributed by atoms with Crippen molar-refractivity contribution >= 4 is 5.91 Å². The summed E-state index contributed by atoms with van der Waals surface area (Å²) >= 11 is 0. The minimum absolute atomic E-state index is 0.0976. The van der Waals surface area contributed by atoms with Crippen molar-refractivity contribution in [2.24, 2.45) is 17.8 Å². The van der Waals surface area contributed by atoms with Crippen molar-refractivity contribution in [2.75, 3.05) is 6.61 Å². The zero-order valence-corrected chi connectivity index (χ0v) is 12.3. The maximum atomic E-state index is 12.4. The number of aromatic amines is 1. The maximum absolute atomic E-state index is 12.4. The first-order valence-electron chi connectivity index (χ1n) is 8.05. The number of carbonyl (C=O) groups is 1. The van der Waals surface area contributed by atoms with Crippen LogP contribution in [0.1, 0.15) is 48.3 Å². The Labute approximate surface area is 124 Å². The topological polar surface area (TPSA) is 79.9 Å². The number of hydrogen-bond acceptors (Lipinski definition) is 4. The largest absolute Gasteiger partial charge is 0.377 e. The molecule has 0 spiro atoms. The molecule has 1 aliphatic heterocycles. The lowest BCUT2D eigenvalue weighted by molar-refractivity contribution is -0.0784. The van der Waals surface area contributed by atoms with Crippen LogP contribution in [0.3, 0.4) is 0 Å². The van der Waals surface area contributed by atoms with Crippen LogP contribution in [0.4, 0.5) is 0 Å². The van der Waals surface area contributed by atoms with E-state index in [-0.39, 0.29) is 11.9 Å². The zero-order valence-electron chi connectivity index (χ0n) is 12.3. The maximum Gasteiger partial charge on any atom is 0.273 e. The number of aromatic nitrogens is 3. The third-order valence-corrected chi connectivity index (χ3v) is 5.62. The molecule has 6 nitrogen and oxygen atoms in total. The molecule has 21 heavy (non-hydrogen) atoms. The molecule has 1 aromatic rings. The second-order valence-electron chi connectivity index (χ2n) is 6.67. The van der Waals surface area contributed by atoms with E-state index in [0.29, 0.717) is 35.2 Å². The van der Waals surface area contributed by atoms with Crippen molar-refractivity contribution < 1.29 is 9.53 Å². The summed E-state index contributed by atoms with van der Waals surface area (Å²) in [5.41, 5.74) is 1.07.